The zero-order valence-electron chi connectivity index (χ0n) is 11.6. The van der Waals surface area contributed by atoms with Crippen LogP contribution >= 0.6 is 0 Å². The van der Waals surface area contributed by atoms with Gasteiger partial charge in [-0.15, -0.1) is 0 Å². The summed E-state index contributed by atoms with van der Waals surface area (Å²) in [4.78, 5) is 4.79. The van der Waals surface area contributed by atoms with E-state index in [-0.39, 0.29) is 5.66 Å². The third-order valence-corrected chi connectivity index (χ3v) is 4.41. The van der Waals surface area contributed by atoms with Gasteiger partial charge in [-0.1, -0.05) is 31.2 Å². The van der Waals surface area contributed by atoms with Gasteiger partial charge in [-0.2, -0.15) is 0 Å². The van der Waals surface area contributed by atoms with Crippen LogP contribution in [0, 0.1) is 0 Å². The largest absolute Gasteiger partial charge is 0.351 e. The molecule has 0 aliphatic carbocycles. The predicted octanol–water partition coefficient (Wildman–Crippen LogP) is 1.82. The first-order chi connectivity index (χ1) is 8.58. The average Bonchev–Trinajstić information content (AvgIpc) is 2.56. The summed E-state index contributed by atoms with van der Waals surface area (Å²) in [7, 11) is 2.18. The first kappa shape index (κ1) is 11.4. The van der Waals surface area contributed by atoms with Crippen molar-refractivity contribution in [2.45, 2.75) is 32.9 Å². The zero-order valence-corrected chi connectivity index (χ0v) is 11.6. The lowest BCUT2D eigenvalue weighted by atomic mass is 10.0. The number of fused-ring (bicyclic) bond motifs is 2. The van der Waals surface area contributed by atoms with Crippen molar-refractivity contribution in [1.82, 2.24) is 9.80 Å². The summed E-state index contributed by atoms with van der Waals surface area (Å²) in [5, 5.41) is 2.64. The minimum Gasteiger partial charge on any atom is -0.351 e. The molecule has 3 rings (SSSR count). The highest BCUT2D eigenvalue weighted by molar-refractivity contribution is 5.52. The summed E-state index contributed by atoms with van der Waals surface area (Å²) in [6.45, 7) is 6.73. The molecule has 94 valence electrons. The van der Waals surface area contributed by atoms with Crippen LogP contribution in [-0.4, -0.2) is 22.5 Å². The molecule has 2 heterocycles. The molecule has 0 fully saturated rings. The molecular weight excluding hydrogens is 220 g/mol. The van der Waals surface area contributed by atoms with Crippen LogP contribution in [0.5, 0.6) is 0 Å². The summed E-state index contributed by atoms with van der Waals surface area (Å²) in [6, 6.07) is 8.60. The van der Waals surface area contributed by atoms with Crippen molar-refractivity contribution in [2.24, 2.45) is 0 Å². The van der Waals surface area contributed by atoms with Gasteiger partial charge >= 0.3 is 0 Å². The fourth-order valence-electron chi connectivity index (χ4n) is 3.14. The average molecular weight is 240 g/mol. The Morgan fingerprint density at radius 3 is 2.50 bits per heavy atom. The first-order valence-corrected chi connectivity index (χ1v) is 6.60. The lowest BCUT2D eigenvalue weighted by Crippen LogP contribution is -2.52. The summed E-state index contributed by atoms with van der Waals surface area (Å²) in [5.41, 5.74) is 2.75. The highest BCUT2D eigenvalue weighted by Crippen LogP contribution is 2.39. The SMILES string of the molecule is CCC1=C(C)N(C)C2(C)C=c3ccccc3=CN12. The maximum Gasteiger partial charge on any atom is 0.133 e. The standard InChI is InChI=1S/C16H20N2/c1-5-15-12(2)17(4)16(3)10-13-8-6-7-9-14(13)11-18(15)16/h6-11H,5H2,1-4H3. The topological polar surface area (TPSA) is 6.48 Å². The Morgan fingerprint density at radius 2 is 1.83 bits per heavy atom. The summed E-state index contributed by atoms with van der Waals surface area (Å²) in [5.74, 6) is 0. The van der Waals surface area contributed by atoms with Crippen molar-refractivity contribution in [3.8, 4) is 0 Å². The van der Waals surface area contributed by atoms with Crippen molar-refractivity contribution in [3.05, 3.63) is 46.1 Å². The lowest BCUT2D eigenvalue weighted by Gasteiger charge is -2.40. The smallest absolute Gasteiger partial charge is 0.133 e. The molecule has 2 nitrogen and oxygen atoms in total. The van der Waals surface area contributed by atoms with Gasteiger partial charge in [0, 0.05) is 24.6 Å². The third-order valence-electron chi connectivity index (χ3n) is 4.41. The maximum atomic E-state index is 2.42. The van der Waals surface area contributed by atoms with E-state index >= 15 is 0 Å². The van der Waals surface area contributed by atoms with Crippen molar-refractivity contribution in [3.63, 3.8) is 0 Å². The van der Waals surface area contributed by atoms with E-state index in [4.69, 9.17) is 0 Å². The molecule has 2 aliphatic rings. The molecule has 0 N–H and O–H groups in total. The van der Waals surface area contributed by atoms with E-state index in [0.29, 0.717) is 0 Å². The van der Waals surface area contributed by atoms with Crippen molar-refractivity contribution >= 4 is 12.3 Å². The van der Waals surface area contributed by atoms with Crippen LogP contribution in [0.2, 0.25) is 0 Å². The lowest BCUT2D eigenvalue weighted by molar-refractivity contribution is 0.169. The Balaban J connectivity index is 2.28. The van der Waals surface area contributed by atoms with Crippen LogP contribution in [0.4, 0.5) is 0 Å². The Bertz CT molecular complexity index is 641. The monoisotopic (exact) mass is 240 g/mol. The third kappa shape index (κ3) is 1.29. The molecule has 0 spiro atoms. The number of rotatable bonds is 1. The van der Waals surface area contributed by atoms with Gasteiger partial charge in [0.1, 0.15) is 5.66 Å². The van der Waals surface area contributed by atoms with Crippen LogP contribution in [0.3, 0.4) is 0 Å². The molecule has 2 aliphatic heterocycles. The van der Waals surface area contributed by atoms with Gasteiger partial charge in [0.05, 0.1) is 0 Å². The minimum absolute atomic E-state index is 0.0518. The van der Waals surface area contributed by atoms with Crippen LogP contribution in [0.15, 0.2) is 35.7 Å². The highest BCUT2D eigenvalue weighted by Gasteiger charge is 2.42. The van der Waals surface area contributed by atoms with Crippen LogP contribution < -0.4 is 10.4 Å². The van der Waals surface area contributed by atoms with E-state index in [1.54, 1.807) is 0 Å². The Labute approximate surface area is 109 Å². The molecule has 0 radical (unpaired) electrons. The van der Waals surface area contributed by atoms with E-state index in [1.807, 2.05) is 0 Å². The molecule has 0 saturated carbocycles. The highest BCUT2D eigenvalue weighted by atomic mass is 15.4. The van der Waals surface area contributed by atoms with E-state index in [9.17, 15) is 0 Å². The van der Waals surface area contributed by atoms with Gasteiger partial charge in [0.2, 0.25) is 0 Å². The molecule has 0 saturated heterocycles. The Kier molecular flexibility index (Phi) is 2.31. The molecule has 0 aromatic heterocycles. The van der Waals surface area contributed by atoms with E-state index in [2.05, 4.69) is 74.2 Å². The van der Waals surface area contributed by atoms with Crippen molar-refractivity contribution in [2.75, 3.05) is 7.05 Å². The van der Waals surface area contributed by atoms with E-state index in [0.717, 1.165) is 6.42 Å². The molecule has 0 bridgehead atoms. The second kappa shape index (κ2) is 3.64. The fourth-order valence-corrected chi connectivity index (χ4v) is 3.14. The summed E-state index contributed by atoms with van der Waals surface area (Å²) >= 11 is 0. The van der Waals surface area contributed by atoms with Crippen molar-refractivity contribution in [1.29, 1.82) is 0 Å². The first-order valence-electron chi connectivity index (χ1n) is 6.60. The number of allylic oxidation sites excluding steroid dienone is 2. The molecule has 1 aromatic rings. The normalized spacial score (nSPS) is 25.6. The van der Waals surface area contributed by atoms with Crippen LogP contribution in [0.1, 0.15) is 27.2 Å². The molecule has 1 aromatic carbocycles. The quantitative estimate of drug-likeness (QED) is 0.739. The van der Waals surface area contributed by atoms with Gasteiger partial charge in [0.25, 0.3) is 0 Å². The van der Waals surface area contributed by atoms with Gasteiger partial charge in [-0.3, -0.25) is 0 Å². The van der Waals surface area contributed by atoms with Crippen LogP contribution in [0.25, 0.3) is 12.3 Å². The van der Waals surface area contributed by atoms with Gasteiger partial charge in [-0.25, -0.2) is 0 Å². The van der Waals surface area contributed by atoms with Gasteiger partial charge in [0.15, 0.2) is 0 Å². The minimum atomic E-state index is -0.0518. The molecule has 0 amide bonds. The molecule has 1 atom stereocenters. The molecule has 18 heavy (non-hydrogen) atoms. The molecule has 1 unspecified atom stereocenters. The Hall–Kier alpha value is -1.70. The summed E-state index contributed by atoms with van der Waals surface area (Å²) < 4.78 is 0. The van der Waals surface area contributed by atoms with Gasteiger partial charge in [-0.05, 0) is 36.8 Å². The van der Waals surface area contributed by atoms with E-state index < -0.39 is 0 Å². The number of hydrogen-bond acceptors (Lipinski definition) is 2. The summed E-state index contributed by atoms with van der Waals surface area (Å²) in [6.07, 6.45) is 5.73. The molecule has 2 heteroatoms. The predicted molar refractivity (Wildman–Crippen MR) is 75.6 cm³/mol. The van der Waals surface area contributed by atoms with Gasteiger partial charge < -0.3 is 9.80 Å². The molecular formula is C16H20N2. The Morgan fingerprint density at radius 1 is 1.17 bits per heavy atom. The van der Waals surface area contributed by atoms with Crippen LogP contribution in [-0.2, 0) is 0 Å². The number of benzene rings is 1. The maximum absolute atomic E-state index is 2.42. The second-order valence-electron chi connectivity index (χ2n) is 5.31. The zero-order chi connectivity index (χ0) is 12.9. The number of hydrogen-bond donors (Lipinski definition) is 0. The fraction of sp³-hybridized carbons (Fsp3) is 0.375. The second-order valence-corrected chi connectivity index (χ2v) is 5.31. The number of nitrogens with zero attached hydrogens (tertiary/aromatic N) is 2. The van der Waals surface area contributed by atoms with Crippen molar-refractivity contribution < 1.29 is 0 Å². The van der Waals surface area contributed by atoms with E-state index in [1.165, 1.54) is 21.8 Å².